The van der Waals surface area contributed by atoms with Crippen LogP contribution in [0.2, 0.25) is 0 Å². The summed E-state index contributed by atoms with van der Waals surface area (Å²) in [6.45, 7) is 15.0. The van der Waals surface area contributed by atoms with E-state index >= 15 is 4.57 Å². The van der Waals surface area contributed by atoms with Gasteiger partial charge >= 0.3 is 0 Å². The average Bonchev–Trinajstić information content (AvgIpc) is 3.56. The minimum Gasteiger partial charge on any atom is -0.314 e. The number of hydrogen-bond acceptors (Lipinski definition) is 1. The molecule has 262 valence electrons. The van der Waals surface area contributed by atoms with Gasteiger partial charge in [-0.3, -0.25) is 0 Å². The molecule has 5 aromatic carbocycles. The van der Waals surface area contributed by atoms with Crippen LogP contribution in [0.25, 0.3) is 11.2 Å². The molecule has 0 radical (unpaired) electrons. The minimum absolute atomic E-state index is 0.0338. The molecule has 0 aliphatic carbocycles. The predicted octanol–water partition coefficient (Wildman–Crippen LogP) is 11.5. The summed E-state index contributed by atoms with van der Waals surface area (Å²) in [4.78, 5) is 0. The number of aromatic nitrogens is 2. The van der Waals surface area contributed by atoms with E-state index in [2.05, 4.69) is 222 Å². The molecule has 0 saturated carbocycles. The van der Waals surface area contributed by atoms with Crippen molar-refractivity contribution in [3.63, 3.8) is 0 Å². The van der Waals surface area contributed by atoms with Crippen LogP contribution in [0.5, 0.6) is 0 Å². The van der Waals surface area contributed by atoms with Crippen molar-refractivity contribution < 1.29 is 9.13 Å². The minimum atomic E-state index is -2.97. The molecule has 0 fully saturated rings. The van der Waals surface area contributed by atoms with Crippen molar-refractivity contribution in [3.05, 3.63) is 203 Å². The Labute approximate surface area is 310 Å². The second-order valence-electron chi connectivity index (χ2n) is 16.1. The maximum absolute atomic E-state index is 15.5. The van der Waals surface area contributed by atoms with Crippen molar-refractivity contribution in [2.24, 2.45) is 0 Å². The monoisotopic (exact) mass is 701 g/mol. The van der Waals surface area contributed by atoms with Crippen molar-refractivity contribution in [1.82, 2.24) is 4.40 Å². The van der Waals surface area contributed by atoms with Crippen LogP contribution < -0.4 is 10.0 Å². The highest BCUT2D eigenvalue weighted by atomic mass is 31.2. The molecule has 4 heteroatoms. The molecule has 0 unspecified atom stereocenters. The fraction of sp³-hybridized carbons (Fsp3) is 0.229. The Hall–Kier alpha value is -4.98. The molecule has 0 aliphatic rings. The number of benzene rings is 5. The summed E-state index contributed by atoms with van der Waals surface area (Å²) < 4.78 is 20.0. The Kier molecular flexibility index (Phi) is 9.45. The Morgan fingerprint density at radius 2 is 0.923 bits per heavy atom. The number of nitrogens with zero attached hydrogens (tertiary/aromatic N) is 2. The van der Waals surface area contributed by atoms with Gasteiger partial charge < -0.3 is 4.57 Å². The predicted molar refractivity (Wildman–Crippen MR) is 218 cm³/mol. The van der Waals surface area contributed by atoms with Crippen LogP contribution in [0.15, 0.2) is 164 Å². The maximum atomic E-state index is 15.5. The number of hydrogen-bond donors (Lipinski definition) is 0. The maximum Gasteiger partial charge on any atom is 0.254 e. The lowest BCUT2D eigenvalue weighted by molar-refractivity contribution is -0.595. The first kappa shape index (κ1) is 35.4. The van der Waals surface area contributed by atoms with Gasteiger partial charge in [0.1, 0.15) is 11.9 Å². The van der Waals surface area contributed by atoms with E-state index in [9.17, 15) is 0 Å². The summed E-state index contributed by atoms with van der Waals surface area (Å²) in [5.74, 6) is -0.0676. The summed E-state index contributed by atoms with van der Waals surface area (Å²) in [6, 6.07) is 54.5. The SMILES string of the molecule is Cc1cc(C(c2ccccc2)c2ccccc2)c(-[n+]2cc3cccc(P(=O)(C(C)(C)C)C(C)(C)C)n3c2)c(C(c2ccccc2)c2ccccc2)c1. The average molecular weight is 702 g/mol. The number of aryl methyl sites for hydroxylation is 1. The van der Waals surface area contributed by atoms with Gasteiger partial charge in [0.15, 0.2) is 18.1 Å². The normalized spacial score (nSPS) is 12.6. The number of rotatable bonds is 8. The van der Waals surface area contributed by atoms with E-state index in [1.165, 1.54) is 38.9 Å². The highest BCUT2D eigenvalue weighted by Crippen LogP contribution is 2.65. The van der Waals surface area contributed by atoms with Gasteiger partial charge in [-0.25, -0.2) is 4.57 Å². The molecule has 0 aliphatic heterocycles. The van der Waals surface area contributed by atoms with E-state index in [0.717, 1.165) is 16.6 Å². The summed E-state index contributed by atoms with van der Waals surface area (Å²) in [6.07, 6.45) is 4.42. The summed E-state index contributed by atoms with van der Waals surface area (Å²) >= 11 is 0. The van der Waals surface area contributed by atoms with Gasteiger partial charge in [0.25, 0.3) is 6.33 Å². The zero-order valence-electron chi connectivity index (χ0n) is 31.5. The molecular formula is C48H50N2OP+. The van der Waals surface area contributed by atoms with E-state index in [1.54, 1.807) is 0 Å². The third-order valence-corrected chi connectivity index (χ3v) is 15.3. The molecule has 2 aromatic heterocycles. The van der Waals surface area contributed by atoms with Crippen molar-refractivity contribution in [2.75, 3.05) is 0 Å². The molecular weight excluding hydrogens is 652 g/mol. The molecule has 0 N–H and O–H groups in total. The van der Waals surface area contributed by atoms with E-state index in [1.807, 2.05) is 0 Å². The smallest absolute Gasteiger partial charge is 0.254 e. The third-order valence-electron chi connectivity index (χ3n) is 10.5. The van der Waals surface area contributed by atoms with Crippen LogP contribution in [0, 0.1) is 6.92 Å². The second kappa shape index (κ2) is 13.9. The molecule has 7 aromatic rings. The molecule has 0 saturated heterocycles. The van der Waals surface area contributed by atoms with Crippen LogP contribution >= 0.6 is 7.14 Å². The largest absolute Gasteiger partial charge is 0.314 e. The lowest BCUT2D eigenvalue weighted by Crippen LogP contribution is -2.38. The van der Waals surface area contributed by atoms with Crippen LogP contribution in [0.4, 0.5) is 0 Å². The Balaban J connectivity index is 1.61. The topological polar surface area (TPSA) is 25.4 Å². The highest BCUT2D eigenvalue weighted by molar-refractivity contribution is 7.74. The van der Waals surface area contributed by atoms with Gasteiger partial charge in [-0.05, 0) is 41.3 Å². The number of pyridine rings is 1. The Morgan fingerprint density at radius 3 is 1.29 bits per heavy atom. The Bertz CT molecular complexity index is 2150. The van der Waals surface area contributed by atoms with Crippen molar-refractivity contribution in [1.29, 1.82) is 0 Å². The molecule has 7 rings (SSSR count). The molecule has 0 bridgehead atoms. The Morgan fingerprint density at radius 1 is 0.538 bits per heavy atom. The van der Waals surface area contributed by atoms with Crippen LogP contribution in [0.3, 0.4) is 0 Å². The number of imidazole rings is 1. The standard InChI is InChI=1S/C48H50N2OP/c1-35-31-41(44(36-21-12-8-13-22-36)37-23-14-9-15-24-37)46(42(32-35)45(38-25-16-10-17-26-38)39-27-18-11-19-28-39)49-33-40-29-20-30-43(50(40)34-49)52(51,47(2,3)4)48(5,6)7/h8-34,44-45H,1-7H3/q+1. The van der Waals surface area contributed by atoms with Gasteiger partial charge in [-0.15, -0.1) is 0 Å². The van der Waals surface area contributed by atoms with Gasteiger partial charge in [0.2, 0.25) is 0 Å². The first-order valence-corrected chi connectivity index (χ1v) is 20.1. The van der Waals surface area contributed by atoms with E-state index in [4.69, 9.17) is 0 Å². The van der Waals surface area contributed by atoms with E-state index in [0.29, 0.717) is 0 Å². The fourth-order valence-electron chi connectivity index (χ4n) is 8.39. The fourth-order valence-corrected chi connectivity index (χ4v) is 12.5. The van der Waals surface area contributed by atoms with E-state index < -0.39 is 17.5 Å². The first-order valence-electron chi connectivity index (χ1n) is 18.4. The molecule has 52 heavy (non-hydrogen) atoms. The third kappa shape index (κ3) is 6.37. The van der Waals surface area contributed by atoms with Crippen molar-refractivity contribution in [2.45, 2.75) is 70.6 Å². The summed E-state index contributed by atoms with van der Waals surface area (Å²) in [5.41, 5.74) is 11.6. The van der Waals surface area contributed by atoms with Crippen LogP contribution in [-0.2, 0) is 4.57 Å². The van der Waals surface area contributed by atoms with Crippen molar-refractivity contribution >= 4 is 18.1 Å². The van der Waals surface area contributed by atoms with Crippen molar-refractivity contribution in [3.8, 4) is 5.69 Å². The lowest BCUT2D eigenvalue weighted by Gasteiger charge is -2.39. The molecule has 3 nitrogen and oxygen atoms in total. The zero-order valence-corrected chi connectivity index (χ0v) is 32.4. The van der Waals surface area contributed by atoms with Gasteiger partial charge in [-0.2, -0.15) is 4.40 Å². The summed E-state index contributed by atoms with van der Waals surface area (Å²) in [5, 5.41) is -0.877. The van der Waals surface area contributed by atoms with Gasteiger partial charge in [0, 0.05) is 33.3 Å². The molecule has 0 spiro atoms. The second-order valence-corrected chi connectivity index (χ2v) is 20.4. The van der Waals surface area contributed by atoms with Gasteiger partial charge in [-0.1, -0.05) is 187 Å². The lowest BCUT2D eigenvalue weighted by atomic mass is 9.78. The van der Waals surface area contributed by atoms with Crippen LogP contribution in [0.1, 0.15) is 92.3 Å². The summed E-state index contributed by atoms with van der Waals surface area (Å²) in [7, 11) is -2.97. The quantitative estimate of drug-likeness (QED) is 0.0880. The highest BCUT2D eigenvalue weighted by Gasteiger charge is 2.51. The molecule has 0 amide bonds. The van der Waals surface area contributed by atoms with Gasteiger partial charge in [0.05, 0.1) is 0 Å². The van der Waals surface area contributed by atoms with Crippen LogP contribution in [-0.4, -0.2) is 14.7 Å². The molecule has 2 heterocycles. The van der Waals surface area contributed by atoms with E-state index in [-0.39, 0.29) is 11.8 Å². The zero-order chi connectivity index (χ0) is 36.7. The first-order chi connectivity index (χ1) is 24.9. The molecule has 0 atom stereocenters. The number of fused-ring (bicyclic) bond motifs is 1.